The summed E-state index contributed by atoms with van der Waals surface area (Å²) >= 11 is 0. The van der Waals surface area contributed by atoms with Crippen molar-refractivity contribution < 1.29 is 18.3 Å². The number of anilines is 1. The van der Waals surface area contributed by atoms with E-state index in [0.717, 1.165) is 23.8 Å². The van der Waals surface area contributed by atoms with E-state index in [1.807, 2.05) is 13.0 Å². The average molecular weight is 355 g/mol. The summed E-state index contributed by atoms with van der Waals surface area (Å²) in [7, 11) is 0. The van der Waals surface area contributed by atoms with Crippen molar-refractivity contribution in [3.63, 3.8) is 0 Å². The van der Waals surface area contributed by atoms with E-state index in [2.05, 4.69) is 5.32 Å². The monoisotopic (exact) mass is 355 g/mol. The van der Waals surface area contributed by atoms with Gasteiger partial charge in [0.05, 0.1) is 0 Å². The maximum Gasteiger partial charge on any atom is 0.336 e. The van der Waals surface area contributed by atoms with E-state index in [0.29, 0.717) is 17.0 Å². The molecular weight excluding hydrogens is 337 g/mol. The molecule has 1 heterocycles. The molecule has 5 nitrogen and oxygen atoms in total. The number of carbonyl (C=O) groups is 1. The minimum atomic E-state index is -0.410. The van der Waals surface area contributed by atoms with Crippen LogP contribution in [0.25, 0.3) is 11.0 Å². The van der Waals surface area contributed by atoms with Crippen LogP contribution in [0, 0.1) is 5.82 Å². The molecule has 0 aliphatic rings. The lowest BCUT2D eigenvalue weighted by Gasteiger charge is -2.09. The second-order valence-corrected chi connectivity index (χ2v) is 5.84. The molecule has 0 radical (unpaired) electrons. The molecule has 1 amide bonds. The molecule has 0 aliphatic carbocycles. The molecule has 1 aromatic heterocycles. The Hall–Kier alpha value is -3.15. The molecule has 0 aliphatic heterocycles. The number of hydrogen-bond donors (Lipinski definition) is 1. The molecule has 26 heavy (non-hydrogen) atoms. The highest BCUT2D eigenvalue weighted by Gasteiger charge is 2.08. The van der Waals surface area contributed by atoms with Crippen molar-refractivity contribution in [1.82, 2.24) is 0 Å². The molecule has 0 spiro atoms. The van der Waals surface area contributed by atoms with Crippen molar-refractivity contribution >= 4 is 22.6 Å². The van der Waals surface area contributed by atoms with Gasteiger partial charge in [-0.05, 0) is 48.4 Å². The summed E-state index contributed by atoms with van der Waals surface area (Å²) in [6.07, 6.45) is 1.70. The van der Waals surface area contributed by atoms with Crippen molar-refractivity contribution in [2.75, 3.05) is 11.9 Å². The van der Waals surface area contributed by atoms with Gasteiger partial charge in [-0.15, -0.1) is 0 Å². The lowest BCUT2D eigenvalue weighted by Crippen LogP contribution is -2.20. The van der Waals surface area contributed by atoms with Crippen LogP contribution >= 0.6 is 0 Å². The molecule has 0 atom stereocenters. The van der Waals surface area contributed by atoms with Crippen LogP contribution in [-0.4, -0.2) is 12.5 Å². The Labute approximate surface area is 149 Å². The predicted octanol–water partition coefficient (Wildman–Crippen LogP) is 3.90. The van der Waals surface area contributed by atoms with Crippen molar-refractivity contribution in [1.29, 1.82) is 0 Å². The van der Waals surface area contributed by atoms with Gasteiger partial charge in [0, 0.05) is 23.2 Å². The van der Waals surface area contributed by atoms with Crippen molar-refractivity contribution in [2.24, 2.45) is 0 Å². The van der Waals surface area contributed by atoms with Crippen LogP contribution in [0.2, 0.25) is 0 Å². The molecule has 1 N–H and O–H groups in total. The quantitative estimate of drug-likeness (QED) is 0.681. The molecule has 3 aromatic rings. The third-order valence-corrected chi connectivity index (χ3v) is 3.82. The standard InChI is InChI=1S/C20H18FNO4/c1-2-3-13-10-20(24)26-18-11-16(8-9-17(13)18)25-12-19(23)22-15-6-4-14(21)5-7-15/h4-11H,2-3,12H2,1H3,(H,22,23). The van der Waals surface area contributed by atoms with Crippen LogP contribution in [0.1, 0.15) is 18.9 Å². The Balaban J connectivity index is 1.69. The van der Waals surface area contributed by atoms with Crippen LogP contribution < -0.4 is 15.7 Å². The second-order valence-electron chi connectivity index (χ2n) is 5.84. The molecule has 134 valence electrons. The van der Waals surface area contributed by atoms with Gasteiger partial charge in [0.15, 0.2) is 6.61 Å². The zero-order valence-corrected chi connectivity index (χ0v) is 14.3. The Kier molecular flexibility index (Phi) is 5.31. The summed E-state index contributed by atoms with van der Waals surface area (Å²) in [5.74, 6) is -0.333. The maximum atomic E-state index is 12.9. The summed E-state index contributed by atoms with van der Waals surface area (Å²) in [4.78, 5) is 23.6. The van der Waals surface area contributed by atoms with Gasteiger partial charge in [-0.25, -0.2) is 9.18 Å². The fourth-order valence-corrected chi connectivity index (χ4v) is 2.66. The summed E-state index contributed by atoms with van der Waals surface area (Å²) in [6, 6.07) is 12.1. The van der Waals surface area contributed by atoms with Gasteiger partial charge in [-0.3, -0.25) is 4.79 Å². The molecule has 0 unspecified atom stereocenters. The third-order valence-electron chi connectivity index (χ3n) is 3.82. The summed E-state index contributed by atoms with van der Waals surface area (Å²) in [5.41, 5.74) is 1.43. The fraction of sp³-hybridized carbons (Fsp3) is 0.200. The number of ether oxygens (including phenoxy) is 1. The van der Waals surface area contributed by atoms with E-state index in [9.17, 15) is 14.0 Å². The topological polar surface area (TPSA) is 68.5 Å². The van der Waals surface area contributed by atoms with E-state index >= 15 is 0 Å². The van der Waals surface area contributed by atoms with Gasteiger partial charge in [0.1, 0.15) is 17.1 Å². The van der Waals surface area contributed by atoms with Gasteiger partial charge < -0.3 is 14.5 Å². The molecule has 0 bridgehead atoms. The molecular formula is C20H18FNO4. The minimum absolute atomic E-state index is 0.220. The molecule has 0 saturated heterocycles. The van der Waals surface area contributed by atoms with Gasteiger partial charge >= 0.3 is 5.63 Å². The van der Waals surface area contributed by atoms with Crippen LogP contribution in [0.3, 0.4) is 0 Å². The number of rotatable bonds is 6. The van der Waals surface area contributed by atoms with Crippen LogP contribution in [-0.2, 0) is 11.2 Å². The average Bonchev–Trinajstić information content (AvgIpc) is 2.62. The zero-order valence-electron chi connectivity index (χ0n) is 14.3. The number of fused-ring (bicyclic) bond motifs is 1. The molecule has 2 aromatic carbocycles. The highest BCUT2D eigenvalue weighted by molar-refractivity contribution is 5.92. The first-order valence-electron chi connectivity index (χ1n) is 8.30. The Bertz CT molecular complexity index is 979. The molecule has 0 fully saturated rings. The highest BCUT2D eigenvalue weighted by atomic mass is 19.1. The predicted molar refractivity (Wildman–Crippen MR) is 97.0 cm³/mol. The first-order chi connectivity index (χ1) is 12.5. The number of amides is 1. The Morgan fingerprint density at radius 3 is 2.65 bits per heavy atom. The second kappa shape index (κ2) is 7.82. The normalized spacial score (nSPS) is 10.7. The largest absolute Gasteiger partial charge is 0.484 e. The van der Waals surface area contributed by atoms with Gasteiger partial charge in [0.25, 0.3) is 5.91 Å². The van der Waals surface area contributed by atoms with Gasteiger partial charge in [-0.1, -0.05) is 13.3 Å². The summed E-state index contributed by atoms with van der Waals surface area (Å²) in [6.45, 7) is 1.82. The number of hydrogen-bond acceptors (Lipinski definition) is 4. The van der Waals surface area contributed by atoms with Crippen molar-refractivity contribution in [2.45, 2.75) is 19.8 Å². The summed E-state index contributed by atoms with van der Waals surface area (Å²) < 4.78 is 23.6. The van der Waals surface area contributed by atoms with E-state index in [1.54, 1.807) is 12.1 Å². The summed E-state index contributed by atoms with van der Waals surface area (Å²) in [5, 5.41) is 3.46. The number of nitrogens with one attached hydrogen (secondary N) is 1. The van der Waals surface area contributed by atoms with E-state index in [1.165, 1.54) is 30.3 Å². The maximum absolute atomic E-state index is 12.9. The van der Waals surface area contributed by atoms with E-state index in [4.69, 9.17) is 9.15 Å². The van der Waals surface area contributed by atoms with Crippen LogP contribution in [0.15, 0.2) is 57.7 Å². The Morgan fingerprint density at radius 2 is 1.92 bits per heavy atom. The minimum Gasteiger partial charge on any atom is -0.484 e. The van der Waals surface area contributed by atoms with Crippen LogP contribution in [0.4, 0.5) is 10.1 Å². The molecule has 6 heteroatoms. The lowest BCUT2D eigenvalue weighted by atomic mass is 10.1. The fourth-order valence-electron chi connectivity index (χ4n) is 2.66. The van der Waals surface area contributed by atoms with Crippen molar-refractivity contribution in [3.05, 3.63) is 70.3 Å². The first-order valence-corrected chi connectivity index (χ1v) is 8.30. The third kappa shape index (κ3) is 4.27. The lowest BCUT2D eigenvalue weighted by molar-refractivity contribution is -0.118. The van der Waals surface area contributed by atoms with E-state index < -0.39 is 5.63 Å². The number of aryl methyl sites for hydroxylation is 1. The highest BCUT2D eigenvalue weighted by Crippen LogP contribution is 2.23. The van der Waals surface area contributed by atoms with E-state index in [-0.39, 0.29) is 18.3 Å². The SMILES string of the molecule is CCCc1cc(=O)oc2cc(OCC(=O)Nc3ccc(F)cc3)ccc12. The first kappa shape index (κ1) is 17.7. The van der Waals surface area contributed by atoms with Gasteiger partial charge in [0.2, 0.25) is 0 Å². The number of carbonyl (C=O) groups excluding carboxylic acids is 1. The van der Waals surface area contributed by atoms with Gasteiger partial charge in [-0.2, -0.15) is 0 Å². The molecule has 3 rings (SSSR count). The van der Waals surface area contributed by atoms with Crippen molar-refractivity contribution in [3.8, 4) is 5.75 Å². The Morgan fingerprint density at radius 1 is 1.15 bits per heavy atom. The molecule has 0 saturated carbocycles. The zero-order chi connectivity index (χ0) is 18.5. The van der Waals surface area contributed by atoms with Crippen LogP contribution in [0.5, 0.6) is 5.75 Å². The smallest absolute Gasteiger partial charge is 0.336 e. The number of halogens is 1. The number of benzene rings is 2.